The molecule has 5 heteroatoms. The Balaban J connectivity index is 1.74. The summed E-state index contributed by atoms with van der Waals surface area (Å²) in [6.45, 7) is 0. The number of hydrogen-bond acceptors (Lipinski definition) is 3. The van der Waals surface area contributed by atoms with Crippen molar-refractivity contribution in [3.05, 3.63) is 84.4 Å². The Hall–Kier alpha value is -3.21. The molecule has 0 saturated heterocycles. The van der Waals surface area contributed by atoms with Crippen molar-refractivity contribution < 1.29 is 9.18 Å². The van der Waals surface area contributed by atoms with Crippen molar-refractivity contribution >= 4 is 11.6 Å². The number of primary amides is 1. The number of benzene rings is 2. The Labute approximate surface area is 145 Å². The van der Waals surface area contributed by atoms with E-state index in [0.29, 0.717) is 5.56 Å². The van der Waals surface area contributed by atoms with Crippen molar-refractivity contribution in [3.8, 4) is 11.1 Å². The Bertz CT molecular complexity index is 850. The molecule has 0 saturated carbocycles. The van der Waals surface area contributed by atoms with Crippen LogP contribution >= 0.6 is 0 Å². The van der Waals surface area contributed by atoms with Crippen molar-refractivity contribution in [1.29, 1.82) is 0 Å². The van der Waals surface area contributed by atoms with E-state index in [2.05, 4.69) is 10.3 Å². The quantitative estimate of drug-likeness (QED) is 0.725. The predicted molar refractivity (Wildman–Crippen MR) is 96.4 cm³/mol. The van der Waals surface area contributed by atoms with E-state index in [0.717, 1.165) is 16.8 Å². The summed E-state index contributed by atoms with van der Waals surface area (Å²) in [5.41, 5.74) is 8.77. The van der Waals surface area contributed by atoms with Crippen LogP contribution in [0.1, 0.15) is 5.56 Å². The van der Waals surface area contributed by atoms with Crippen molar-refractivity contribution in [3.63, 3.8) is 0 Å². The van der Waals surface area contributed by atoms with Gasteiger partial charge in [-0.2, -0.15) is 0 Å². The van der Waals surface area contributed by atoms with E-state index in [4.69, 9.17) is 5.73 Å². The Morgan fingerprint density at radius 3 is 2.28 bits per heavy atom. The van der Waals surface area contributed by atoms with Gasteiger partial charge in [0.2, 0.25) is 5.91 Å². The number of carbonyl (C=O) groups is 1. The molecule has 0 unspecified atom stereocenters. The van der Waals surface area contributed by atoms with Crippen molar-refractivity contribution in [2.75, 3.05) is 5.32 Å². The zero-order valence-electron chi connectivity index (χ0n) is 13.5. The van der Waals surface area contributed by atoms with Gasteiger partial charge in [0.25, 0.3) is 0 Å². The first kappa shape index (κ1) is 16.6. The minimum atomic E-state index is -0.691. The molecule has 0 spiro atoms. The molecule has 2 aromatic carbocycles. The Kier molecular flexibility index (Phi) is 5.04. The van der Waals surface area contributed by atoms with Gasteiger partial charge in [-0.15, -0.1) is 0 Å². The highest BCUT2D eigenvalue weighted by Crippen LogP contribution is 2.21. The number of aromatic nitrogens is 1. The van der Waals surface area contributed by atoms with E-state index in [9.17, 15) is 9.18 Å². The van der Waals surface area contributed by atoms with Crippen molar-refractivity contribution in [2.24, 2.45) is 5.73 Å². The number of anilines is 1. The smallest absolute Gasteiger partial charge is 0.240 e. The molecule has 3 rings (SSSR count). The van der Waals surface area contributed by atoms with Crippen molar-refractivity contribution in [1.82, 2.24) is 4.98 Å². The second-order valence-corrected chi connectivity index (χ2v) is 5.71. The van der Waals surface area contributed by atoms with Crippen LogP contribution in [0.2, 0.25) is 0 Å². The van der Waals surface area contributed by atoms with Crippen LogP contribution < -0.4 is 11.1 Å². The first-order valence-corrected chi connectivity index (χ1v) is 7.93. The van der Waals surface area contributed by atoms with E-state index in [1.165, 1.54) is 6.07 Å². The number of nitrogens with two attached hydrogens (primary N) is 1. The minimum absolute atomic E-state index is 0.189. The first-order chi connectivity index (χ1) is 12.1. The number of hydrogen-bond donors (Lipinski definition) is 2. The lowest BCUT2D eigenvalue weighted by molar-refractivity contribution is -0.118. The lowest BCUT2D eigenvalue weighted by Gasteiger charge is -2.17. The lowest BCUT2D eigenvalue weighted by Crippen LogP contribution is -2.37. The number of nitrogens with one attached hydrogen (secondary N) is 1. The van der Waals surface area contributed by atoms with Crippen LogP contribution in [0.15, 0.2) is 73.1 Å². The molecule has 25 heavy (non-hydrogen) atoms. The molecule has 3 aromatic rings. The fraction of sp³-hybridized carbons (Fsp3) is 0.100. The molecule has 0 radical (unpaired) electrons. The third-order valence-corrected chi connectivity index (χ3v) is 3.96. The van der Waals surface area contributed by atoms with Gasteiger partial charge in [-0.25, -0.2) is 4.39 Å². The summed E-state index contributed by atoms with van der Waals surface area (Å²) in [4.78, 5) is 15.7. The van der Waals surface area contributed by atoms with Gasteiger partial charge < -0.3 is 11.1 Å². The molecule has 1 heterocycles. The Morgan fingerprint density at radius 2 is 1.64 bits per heavy atom. The fourth-order valence-corrected chi connectivity index (χ4v) is 2.61. The van der Waals surface area contributed by atoms with Gasteiger partial charge in [-0.05, 0) is 47.0 Å². The maximum Gasteiger partial charge on any atom is 0.240 e. The first-order valence-electron chi connectivity index (χ1n) is 7.93. The van der Waals surface area contributed by atoms with E-state index in [-0.39, 0.29) is 12.2 Å². The highest BCUT2D eigenvalue weighted by atomic mass is 19.1. The van der Waals surface area contributed by atoms with Crippen LogP contribution in [0.4, 0.5) is 10.1 Å². The number of halogens is 1. The number of rotatable bonds is 6. The average Bonchev–Trinajstić information content (AvgIpc) is 2.64. The number of pyridine rings is 1. The molecule has 0 bridgehead atoms. The second kappa shape index (κ2) is 7.57. The number of amides is 1. The summed E-state index contributed by atoms with van der Waals surface area (Å²) >= 11 is 0. The van der Waals surface area contributed by atoms with Gasteiger partial charge in [0, 0.05) is 24.5 Å². The minimum Gasteiger partial charge on any atom is -0.373 e. The second-order valence-electron chi connectivity index (χ2n) is 5.71. The fourth-order valence-electron chi connectivity index (χ4n) is 2.61. The van der Waals surface area contributed by atoms with Gasteiger partial charge in [-0.3, -0.25) is 9.78 Å². The zero-order valence-corrected chi connectivity index (χ0v) is 13.5. The molecule has 0 aliphatic rings. The van der Waals surface area contributed by atoms with E-state index < -0.39 is 11.9 Å². The number of nitrogens with zero attached hydrogens (tertiary/aromatic N) is 1. The highest BCUT2D eigenvalue weighted by molar-refractivity contribution is 5.83. The van der Waals surface area contributed by atoms with Crippen LogP contribution in [0, 0.1) is 5.82 Å². The van der Waals surface area contributed by atoms with Gasteiger partial charge in [-0.1, -0.05) is 30.3 Å². The monoisotopic (exact) mass is 335 g/mol. The molecular weight excluding hydrogens is 317 g/mol. The standard InChI is InChI=1S/C20H18FN3O/c21-18-4-2-1-3-16(18)13-19(20(22)25)24-17-7-5-14(6-8-17)15-9-11-23-12-10-15/h1-12,19,24H,13H2,(H2,22,25)/t19-/m1/s1. The van der Waals surface area contributed by atoms with E-state index >= 15 is 0 Å². The molecule has 126 valence electrons. The summed E-state index contributed by atoms with van der Waals surface area (Å²) in [6, 6.07) is 17.2. The van der Waals surface area contributed by atoms with Crippen LogP contribution in [0.3, 0.4) is 0 Å². The van der Waals surface area contributed by atoms with Crippen LogP contribution in [0.25, 0.3) is 11.1 Å². The summed E-state index contributed by atoms with van der Waals surface area (Å²) in [7, 11) is 0. The maximum atomic E-state index is 13.8. The van der Waals surface area contributed by atoms with E-state index in [1.54, 1.807) is 30.6 Å². The van der Waals surface area contributed by atoms with Gasteiger partial charge in [0.15, 0.2) is 0 Å². The lowest BCUT2D eigenvalue weighted by atomic mass is 10.0. The third kappa shape index (κ3) is 4.20. The molecule has 1 aromatic heterocycles. The Morgan fingerprint density at radius 1 is 1.00 bits per heavy atom. The topological polar surface area (TPSA) is 68.0 Å². The largest absolute Gasteiger partial charge is 0.373 e. The molecule has 0 aliphatic carbocycles. The van der Waals surface area contributed by atoms with Gasteiger partial charge in [0.1, 0.15) is 11.9 Å². The summed E-state index contributed by atoms with van der Waals surface area (Å²) in [5.74, 6) is -0.870. The summed E-state index contributed by atoms with van der Waals surface area (Å²) in [6.07, 6.45) is 3.66. The maximum absolute atomic E-state index is 13.8. The molecule has 3 N–H and O–H groups in total. The van der Waals surface area contributed by atoms with Crippen molar-refractivity contribution in [2.45, 2.75) is 12.5 Å². The predicted octanol–water partition coefficient (Wildman–Crippen LogP) is 3.40. The van der Waals surface area contributed by atoms with Gasteiger partial charge >= 0.3 is 0 Å². The average molecular weight is 335 g/mol. The summed E-state index contributed by atoms with van der Waals surface area (Å²) < 4.78 is 13.8. The molecule has 4 nitrogen and oxygen atoms in total. The molecule has 1 atom stereocenters. The molecular formula is C20H18FN3O. The SMILES string of the molecule is NC(=O)[C@@H](Cc1ccccc1F)Nc1ccc(-c2ccncc2)cc1. The summed E-state index contributed by atoms with van der Waals surface area (Å²) in [5, 5.41) is 3.08. The zero-order chi connectivity index (χ0) is 17.6. The van der Waals surface area contributed by atoms with E-state index in [1.807, 2.05) is 36.4 Å². The van der Waals surface area contributed by atoms with Crippen LogP contribution in [0.5, 0.6) is 0 Å². The van der Waals surface area contributed by atoms with Crippen LogP contribution in [-0.2, 0) is 11.2 Å². The molecule has 0 fully saturated rings. The van der Waals surface area contributed by atoms with Gasteiger partial charge in [0.05, 0.1) is 0 Å². The van der Waals surface area contributed by atoms with Crippen LogP contribution in [-0.4, -0.2) is 16.9 Å². The third-order valence-electron chi connectivity index (χ3n) is 3.96. The highest BCUT2D eigenvalue weighted by Gasteiger charge is 2.17. The molecule has 1 amide bonds. The molecule has 0 aliphatic heterocycles. The normalized spacial score (nSPS) is 11.7. The number of carbonyl (C=O) groups excluding carboxylic acids is 1.